The van der Waals surface area contributed by atoms with E-state index >= 15 is 0 Å². The van der Waals surface area contributed by atoms with Crippen LogP contribution in [0.4, 0.5) is 5.82 Å². The van der Waals surface area contributed by atoms with Crippen molar-refractivity contribution in [2.75, 3.05) is 37.6 Å². The van der Waals surface area contributed by atoms with Crippen LogP contribution < -0.4 is 10.2 Å². The van der Waals surface area contributed by atoms with Crippen molar-refractivity contribution in [1.82, 2.24) is 20.2 Å². The van der Waals surface area contributed by atoms with E-state index in [1.807, 2.05) is 17.0 Å². The summed E-state index contributed by atoms with van der Waals surface area (Å²) in [6.45, 7) is 3.09. The summed E-state index contributed by atoms with van der Waals surface area (Å²) in [5.41, 5.74) is 0.582. The molecule has 1 aliphatic heterocycles. The summed E-state index contributed by atoms with van der Waals surface area (Å²) in [7, 11) is 0. The number of hydrogen-bond donors (Lipinski definition) is 1. The standard InChI is InChI=1S/C18H20BrN5O2/c19-15-3-1-14(2-4-15)18(26)22-6-5-17(25)24-11-9-23(10-12-24)16-13-20-7-8-21-16/h1-4,7-8,13H,5-6,9-12H2,(H,22,26). The van der Waals surface area contributed by atoms with Crippen molar-refractivity contribution in [2.45, 2.75) is 6.42 Å². The molecule has 0 unspecified atom stereocenters. The molecule has 8 heteroatoms. The monoisotopic (exact) mass is 417 g/mol. The summed E-state index contributed by atoms with van der Waals surface area (Å²) in [4.78, 5) is 36.7. The quantitative estimate of drug-likeness (QED) is 0.800. The van der Waals surface area contributed by atoms with Crippen LogP contribution in [0.2, 0.25) is 0 Å². The highest BCUT2D eigenvalue weighted by Gasteiger charge is 2.21. The minimum Gasteiger partial charge on any atom is -0.352 e. The third kappa shape index (κ3) is 4.78. The summed E-state index contributed by atoms with van der Waals surface area (Å²) < 4.78 is 0.921. The Morgan fingerprint density at radius 1 is 1.08 bits per heavy atom. The molecule has 1 saturated heterocycles. The topological polar surface area (TPSA) is 78.4 Å². The van der Waals surface area contributed by atoms with E-state index in [1.165, 1.54) is 0 Å². The molecule has 0 saturated carbocycles. The molecular formula is C18H20BrN5O2. The van der Waals surface area contributed by atoms with E-state index in [9.17, 15) is 9.59 Å². The SMILES string of the molecule is O=C(NCCC(=O)N1CCN(c2cnccn2)CC1)c1ccc(Br)cc1. The van der Waals surface area contributed by atoms with Gasteiger partial charge >= 0.3 is 0 Å². The Balaban J connectivity index is 1.40. The Hall–Kier alpha value is -2.48. The zero-order valence-electron chi connectivity index (χ0n) is 14.3. The van der Waals surface area contributed by atoms with Gasteiger partial charge in [-0.25, -0.2) is 4.98 Å². The first-order valence-electron chi connectivity index (χ1n) is 8.46. The van der Waals surface area contributed by atoms with Crippen molar-refractivity contribution in [2.24, 2.45) is 0 Å². The molecule has 2 aromatic rings. The molecule has 7 nitrogen and oxygen atoms in total. The van der Waals surface area contributed by atoms with E-state index in [-0.39, 0.29) is 11.8 Å². The molecule has 2 amide bonds. The number of carbonyl (C=O) groups is 2. The van der Waals surface area contributed by atoms with E-state index < -0.39 is 0 Å². The van der Waals surface area contributed by atoms with Gasteiger partial charge in [0.2, 0.25) is 5.91 Å². The van der Waals surface area contributed by atoms with Crippen molar-refractivity contribution in [1.29, 1.82) is 0 Å². The van der Waals surface area contributed by atoms with Gasteiger partial charge < -0.3 is 15.1 Å². The van der Waals surface area contributed by atoms with Gasteiger partial charge in [-0.05, 0) is 24.3 Å². The molecule has 1 fully saturated rings. The predicted molar refractivity (Wildman–Crippen MR) is 102 cm³/mol. The fourth-order valence-electron chi connectivity index (χ4n) is 2.78. The maximum atomic E-state index is 12.3. The fraction of sp³-hybridized carbons (Fsp3) is 0.333. The smallest absolute Gasteiger partial charge is 0.251 e. The molecule has 0 aliphatic carbocycles. The van der Waals surface area contributed by atoms with Crippen LogP contribution in [0, 0.1) is 0 Å². The van der Waals surface area contributed by atoms with Gasteiger partial charge in [-0.2, -0.15) is 0 Å². The average Bonchev–Trinajstić information content (AvgIpc) is 2.69. The number of nitrogens with zero attached hydrogens (tertiary/aromatic N) is 4. The van der Waals surface area contributed by atoms with Crippen LogP contribution in [-0.2, 0) is 4.79 Å². The van der Waals surface area contributed by atoms with Crippen LogP contribution in [0.5, 0.6) is 0 Å². The maximum absolute atomic E-state index is 12.3. The average molecular weight is 418 g/mol. The van der Waals surface area contributed by atoms with E-state index in [1.54, 1.807) is 30.7 Å². The molecule has 1 aromatic carbocycles. The molecule has 1 aliphatic rings. The first-order valence-corrected chi connectivity index (χ1v) is 9.25. The van der Waals surface area contributed by atoms with E-state index in [2.05, 4.69) is 36.1 Å². The first kappa shape index (κ1) is 18.3. The van der Waals surface area contributed by atoms with Gasteiger partial charge in [-0.1, -0.05) is 15.9 Å². The van der Waals surface area contributed by atoms with Crippen molar-refractivity contribution < 1.29 is 9.59 Å². The highest BCUT2D eigenvalue weighted by Crippen LogP contribution is 2.12. The maximum Gasteiger partial charge on any atom is 0.251 e. The van der Waals surface area contributed by atoms with Gasteiger partial charge in [-0.15, -0.1) is 0 Å². The van der Waals surface area contributed by atoms with E-state index in [0.717, 1.165) is 23.4 Å². The second-order valence-corrected chi connectivity index (χ2v) is 6.86. The minimum absolute atomic E-state index is 0.0555. The van der Waals surface area contributed by atoms with Crippen molar-refractivity contribution >= 4 is 33.6 Å². The third-order valence-corrected chi connectivity index (χ3v) is 4.77. The lowest BCUT2D eigenvalue weighted by molar-refractivity contribution is -0.131. The number of rotatable bonds is 5. The zero-order valence-corrected chi connectivity index (χ0v) is 15.9. The molecular weight excluding hydrogens is 398 g/mol. The number of aromatic nitrogens is 2. The Bertz CT molecular complexity index is 746. The lowest BCUT2D eigenvalue weighted by atomic mass is 10.2. The van der Waals surface area contributed by atoms with Crippen LogP contribution in [0.1, 0.15) is 16.8 Å². The number of nitrogens with one attached hydrogen (secondary N) is 1. The van der Waals surface area contributed by atoms with E-state index in [4.69, 9.17) is 0 Å². The first-order chi connectivity index (χ1) is 12.6. The number of benzene rings is 1. The summed E-state index contributed by atoms with van der Waals surface area (Å²) in [5, 5.41) is 2.79. The number of halogens is 1. The molecule has 0 radical (unpaired) electrons. The second-order valence-electron chi connectivity index (χ2n) is 5.94. The summed E-state index contributed by atoms with van der Waals surface area (Å²) in [6.07, 6.45) is 5.34. The zero-order chi connectivity index (χ0) is 18.4. The summed E-state index contributed by atoms with van der Waals surface area (Å²) in [6, 6.07) is 7.12. The number of carbonyl (C=O) groups excluding carboxylic acids is 2. The second kappa shape index (κ2) is 8.75. The molecule has 1 aromatic heterocycles. The lowest BCUT2D eigenvalue weighted by Crippen LogP contribution is -2.49. The Morgan fingerprint density at radius 3 is 2.46 bits per heavy atom. The molecule has 3 rings (SSSR count). The van der Waals surface area contributed by atoms with Gasteiger partial charge in [-0.3, -0.25) is 14.6 Å². The largest absolute Gasteiger partial charge is 0.352 e. The van der Waals surface area contributed by atoms with E-state index in [0.29, 0.717) is 31.6 Å². The molecule has 26 heavy (non-hydrogen) atoms. The molecule has 1 N–H and O–H groups in total. The number of piperazine rings is 1. The van der Waals surface area contributed by atoms with Crippen molar-refractivity contribution in [3.05, 3.63) is 52.9 Å². The van der Waals surface area contributed by atoms with Gasteiger partial charge in [0.15, 0.2) is 0 Å². The lowest BCUT2D eigenvalue weighted by Gasteiger charge is -2.35. The highest BCUT2D eigenvalue weighted by atomic mass is 79.9. The van der Waals surface area contributed by atoms with Gasteiger partial charge in [0.05, 0.1) is 6.20 Å². The van der Waals surface area contributed by atoms with Crippen LogP contribution >= 0.6 is 15.9 Å². The number of amides is 2. The van der Waals surface area contributed by atoms with Gasteiger partial charge in [0, 0.05) is 61.6 Å². The van der Waals surface area contributed by atoms with Crippen LogP contribution in [-0.4, -0.2) is 59.4 Å². The van der Waals surface area contributed by atoms with Crippen molar-refractivity contribution in [3.8, 4) is 0 Å². The van der Waals surface area contributed by atoms with Gasteiger partial charge in [0.1, 0.15) is 5.82 Å². The minimum atomic E-state index is -0.169. The molecule has 0 spiro atoms. The molecule has 2 heterocycles. The normalized spacial score (nSPS) is 14.2. The summed E-state index contributed by atoms with van der Waals surface area (Å²) in [5.74, 6) is 0.721. The molecule has 0 bridgehead atoms. The fourth-order valence-corrected chi connectivity index (χ4v) is 3.05. The van der Waals surface area contributed by atoms with Gasteiger partial charge in [0.25, 0.3) is 5.91 Å². The van der Waals surface area contributed by atoms with Crippen LogP contribution in [0.3, 0.4) is 0 Å². The Kier molecular flexibility index (Phi) is 6.17. The van der Waals surface area contributed by atoms with Crippen LogP contribution in [0.25, 0.3) is 0 Å². The highest BCUT2D eigenvalue weighted by molar-refractivity contribution is 9.10. The Labute approximate surface area is 160 Å². The predicted octanol–water partition coefficient (Wildman–Crippen LogP) is 1.71. The Morgan fingerprint density at radius 2 is 1.81 bits per heavy atom. The number of hydrogen-bond acceptors (Lipinski definition) is 5. The third-order valence-electron chi connectivity index (χ3n) is 4.24. The molecule has 0 atom stereocenters. The molecule has 136 valence electrons. The number of anilines is 1. The van der Waals surface area contributed by atoms with Crippen LogP contribution in [0.15, 0.2) is 47.3 Å². The summed E-state index contributed by atoms with van der Waals surface area (Å²) >= 11 is 3.34. The van der Waals surface area contributed by atoms with Crippen molar-refractivity contribution in [3.63, 3.8) is 0 Å².